The molecule has 1 aromatic carbocycles. The van der Waals surface area contributed by atoms with Gasteiger partial charge in [0.15, 0.2) is 0 Å². The van der Waals surface area contributed by atoms with E-state index in [-0.39, 0.29) is 23.2 Å². The topological polar surface area (TPSA) is 0 Å². The number of benzene rings is 1. The fraction of sp³-hybridized carbons (Fsp3) is 0.400. The molecule has 0 aliphatic carbocycles. The molecule has 1 radical (unpaired) electrons. The van der Waals surface area contributed by atoms with Crippen molar-refractivity contribution < 1.29 is 0 Å². The molecular weight excluding hydrogens is 329 g/mol. The quantitative estimate of drug-likeness (QED) is 0.581. The summed E-state index contributed by atoms with van der Waals surface area (Å²) in [5, 5.41) is 0. The normalized spacial score (nSPS) is 9.91. The second-order valence-electron chi connectivity index (χ2n) is 2.57. The molecule has 11 heavy (non-hydrogen) atoms. The number of hydrogen-bond donors (Lipinski definition) is 0. The second-order valence-corrected chi connectivity index (χ2v) is 7.55. The Bertz CT molecular complexity index is 181. The molecule has 0 fully saturated rings. The second kappa shape index (κ2) is 5.72. The molecule has 1 rings (SSSR count). The first kappa shape index (κ1) is 9.19. The molecule has 0 amide bonds. The van der Waals surface area contributed by atoms with E-state index in [9.17, 15) is 0 Å². The molecule has 0 N–H and O–H groups in total. The van der Waals surface area contributed by atoms with Crippen LogP contribution in [0.5, 0.6) is 0 Å². The zero-order chi connectivity index (χ0) is 7.94. The Balaban J connectivity index is 2.28. The molecule has 0 aliphatic rings. The first-order valence-corrected chi connectivity index (χ1v) is 8.35. The molecule has 0 saturated carbocycles. The third kappa shape index (κ3) is 3.86. The van der Waals surface area contributed by atoms with Crippen molar-refractivity contribution in [1.82, 2.24) is 0 Å². The van der Waals surface area contributed by atoms with Crippen LogP contribution in [0.4, 0.5) is 0 Å². The van der Waals surface area contributed by atoms with Crippen molar-refractivity contribution in [3.05, 3.63) is 30.3 Å². The van der Waals surface area contributed by atoms with Crippen LogP contribution in [0.15, 0.2) is 30.3 Å². The Morgan fingerprint density at radius 3 is 2.55 bits per heavy atom. The minimum atomic E-state index is -0.273. The molecule has 0 atom stereocenters. The van der Waals surface area contributed by atoms with Gasteiger partial charge < -0.3 is 0 Å². The average Bonchev–Trinajstić information content (AvgIpc) is 2.07. The Hall–Kier alpha value is 0.103. The summed E-state index contributed by atoms with van der Waals surface area (Å²) in [4.78, 5) is 0. The van der Waals surface area contributed by atoms with Crippen molar-refractivity contribution in [3.63, 3.8) is 0 Å². The van der Waals surface area contributed by atoms with Gasteiger partial charge in [-0.2, -0.15) is 0 Å². The van der Waals surface area contributed by atoms with Crippen molar-refractivity contribution in [2.24, 2.45) is 0 Å². The summed E-state index contributed by atoms with van der Waals surface area (Å²) in [6.45, 7) is 2.27. The van der Waals surface area contributed by atoms with E-state index < -0.39 is 0 Å². The predicted molar refractivity (Wildman–Crippen MR) is 51.5 cm³/mol. The summed E-state index contributed by atoms with van der Waals surface area (Å²) in [6.07, 6.45) is 2.79. The van der Waals surface area contributed by atoms with E-state index in [0.717, 1.165) is 0 Å². The molecule has 1 aromatic rings. The monoisotopic (exact) mass is 343 g/mol. The van der Waals surface area contributed by atoms with E-state index in [4.69, 9.17) is 0 Å². The van der Waals surface area contributed by atoms with Crippen molar-refractivity contribution in [2.75, 3.05) is 0 Å². The third-order valence-corrected chi connectivity index (χ3v) is 6.24. The first-order valence-electron chi connectivity index (χ1n) is 4.16. The summed E-state index contributed by atoms with van der Waals surface area (Å²) < 4.78 is 3.17. The first-order chi connectivity index (χ1) is 5.43. The SMILES string of the molecule is CCC[CH2][Bi][c]1ccccc1. The van der Waals surface area contributed by atoms with Gasteiger partial charge in [0, 0.05) is 0 Å². The Labute approximate surface area is 80.6 Å². The van der Waals surface area contributed by atoms with Crippen LogP contribution in [0.3, 0.4) is 0 Å². The van der Waals surface area contributed by atoms with Gasteiger partial charge in [-0.1, -0.05) is 0 Å². The molecule has 0 heterocycles. The van der Waals surface area contributed by atoms with Crippen molar-refractivity contribution in [2.45, 2.75) is 23.9 Å². The molecular formula is C10H14Bi. The van der Waals surface area contributed by atoms with Crippen LogP contribution >= 0.6 is 0 Å². The number of hydrogen-bond acceptors (Lipinski definition) is 0. The molecule has 0 saturated heterocycles. The van der Waals surface area contributed by atoms with Crippen LogP contribution < -0.4 is 3.27 Å². The number of unbranched alkanes of at least 4 members (excludes halogenated alkanes) is 1. The maximum absolute atomic E-state index is 2.28. The molecule has 0 bridgehead atoms. The molecule has 0 spiro atoms. The van der Waals surface area contributed by atoms with E-state index in [1.165, 1.54) is 17.0 Å². The Morgan fingerprint density at radius 1 is 1.18 bits per heavy atom. The average molecular weight is 343 g/mol. The Morgan fingerprint density at radius 2 is 1.91 bits per heavy atom. The fourth-order valence-corrected chi connectivity index (χ4v) is 5.24. The summed E-state index contributed by atoms with van der Waals surface area (Å²) in [7, 11) is 0. The van der Waals surface area contributed by atoms with Gasteiger partial charge in [-0.3, -0.25) is 0 Å². The molecule has 0 unspecified atom stereocenters. The van der Waals surface area contributed by atoms with Crippen LogP contribution in [0.1, 0.15) is 19.8 Å². The predicted octanol–water partition coefficient (Wildman–Crippen LogP) is 2.23. The summed E-state index contributed by atoms with van der Waals surface area (Å²) in [6, 6.07) is 11.0. The van der Waals surface area contributed by atoms with Gasteiger partial charge in [-0.25, -0.2) is 0 Å². The van der Waals surface area contributed by atoms with E-state index >= 15 is 0 Å². The van der Waals surface area contributed by atoms with E-state index in [2.05, 4.69) is 37.3 Å². The van der Waals surface area contributed by atoms with Crippen LogP contribution in [0.2, 0.25) is 4.13 Å². The minimum absolute atomic E-state index is 0.273. The summed E-state index contributed by atoms with van der Waals surface area (Å²) in [5.41, 5.74) is 0. The van der Waals surface area contributed by atoms with Crippen LogP contribution in [0, 0.1) is 0 Å². The zero-order valence-electron chi connectivity index (χ0n) is 6.96. The maximum atomic E-state index is 2.28. The molecule has 0 aromatic heterocycles. The molecule has 1 heteroatoms. The Kier molecular flexibility index (Phi) is 4.78. The zero-order valence-corrected chi connectivity index (χ0v) is 10.4. The van der Waals surface area contributed by atoms with Gasteiger partial charge in [0.05, 0.1) is 0 Å². The van der Waals surface area contributed by atoms with Crippen LogP contribution in [0.25, 0.3) is 0 Å². The standard InChI is InChI=1S/C6H5.C4H9.Bi/c1-2-4-6-5-3-1;1-3-4-2;/h1-5H;1,3-4H2,2H3;. The summed E-state index contributed by atoms with van der Waals surface area (Å²) in [5.74, 6) is 0. The van der Waals surface area contributed by atoms with E-state index in [0.29, 0.717) is 0 Å². The van der Waals surface area contributed by atoms with Gasteiger partial charge in [0.25, 0.3) is 0 Å². The molecule has 59 valence electrons. The number of rotatable bonds is 4. The van der Waals surface area contributed by atoms with Crippen molar-refractivity contribution >= 4 is 26.5 Å². The van der Waals surface area contributed by atoms with E-state index in [1.807, 2.05) is 0 Å². The van der Waals surface area contributed by atoms with Gasteiger partial charge in [0.1, 0.15) is 0 Å². The van der Waals surface area contributed by atoms with Gasteiger partial charge in [0.2, 0.25) is 0 Å². The van der Waals surface area contributed by atoms with E-state index in [1.54, 1.807) is 3.27 Å². The summed E-state index contributed by atoms with van der Waals surface area (Å²) >= 11 is -0.273. The third-order valence-electron chi connectivity index (χ3n) is 1.56. The molecule has 0 nitrogen and oxygen atoms in total. The van der Waals surface area contributed by atoms with Crippen LogP contribution in [-0.2, 0) is 0 Å². The molecule has 0 aliphatic heterocycles. The van der Waals surface area contributed by atoms with Crippen molar-refractivity contribution in [1.29, 1.82) is 0 Å². The van der Waals surface area contributed by atoms with Gasteiger partial charge >= 0.3 is 80.7 Å². The van der Waals surface area contributed by atoms with Crippen LogP contribution in [-0.4, -0.2) is 23.2 Å². The van der Waals surface area contributed by atoms with Gasteiger partial charge in [-0.15, -0.1) is 0 Å². The fourth-order valence-electron chi connectivity index (χ4n) is 0.900. The van der Waals surface area contributed by atoms with Gasteiger partial charge in [-0.05, 0) is 0 Å². The van der Waals surface area contributed by atoms with Crippen molar-refractivity contribution in [3.8, 4) is 0 Å².